The summed E-state index contributed by atoms with van der Waals surface area (Å²) in [6, 6.07) is 2.43. The van der Waals surface area contributed by atoms with Crippen molar-refractivity contribution in [2.45, 2.75) is 12.8 Å². The van der Waals surface area contributed by atoms with E-state index in [2.05, 4.69) is 26.6 Å². The molecule has 2 rings (SSSR count). The number of carbonyl (C=O) groups excluding carboxylic acids is 2. The van der Waals surface area contributed by atoms with Crippen molar-refractivity contribution in [2.24, 2.45) is 5.92 Å². The van der Waals surface area contributed by atoms with Crippen LogP contribution in [0.15, 0.2) is 16.6 Å². The molecule has 4 N–H and O–H groups in total. The van der Waals surface area contributed by atoms with Gasteiger partial charge in [0.2, 0.25) is 5.91 Å². The van der Waals surface area contributed by atoms with E-state index in [1.165, 1.54) is 6.07 Å². The van der Waals surface area contributed by atoms with Crippen molar-refractivity contribution >= 4 is 33.4 Å². The molecule has 1 aliphatic rings. The average Bonchev–Trinajstić information content (AvgIpc) is 3.22. The Bertz CT molecular complexity index is 547. The number of nitrogens with two attached hydrogens (primary N) is 1. The molecule has 0 unspecified atom stereocenters. The minimum atomic E-state index is -0.579. The van der Waals surface area contributed by atoms with Crippen LogP contribution < -0.4 is 16.4 Å². The lowest BCUT2D eigenvalue weighted by Gasteiger charge is -2.09. The van der Waals surface area contributed by atoms with Gasteiger partial charge >= 0.3 is 0 Å². The third-order valence-corrected chi connectivity index (χ3v) is 3.65. The van der Waals surface area contributed by atoms with Gasteiger partial charge in [0.05, 0.1) is 11.3 Å². The summed E-state index contributed by atoms with van der Waals surface area (Å²) in [6.07, 6.45) is 1.89. The lowest BCUT2D eigenvalue weighted by molar-refractivity contribution is -0.122. The summed E-state index contributed by atoms with van der Waals surface area (Å²) in [5.41, 5.74) is 5.61. The molecule has 1 fully saturated rings. The molecule has 0 aromatic heterocycles. The van der Waals surface area contributed by atoms with Gasteiger partial charge in [-0.15, -0.1) is 0 Å². The van der Waals surface area contributed by atoms with E-state index in [1.54, 1.807) is 0 Å². The molecule has 0 atom stereocenters. The van der Waals surface area contributed by atoms with E-state index in [1.807, 2.05) is 0 Å². The Kier molecular flexibility index (Phi) is 4.59. The first-order valence-electron chi connectivity index (χ1n) is 6.29. The van der Waals surface area contributed by atoms with E-state index >= 15 is 0 Å². The van der Waals surface area contributed by atoms with Crippen LogP contribution in [-0.4, -0.2) is 24.9 Å². The fraction of sp³-hybridized carbons (Fsp3) is 0.385. The first-order chi connectivity index (χ1) is 9.49. The number of carbonyl (C=O) groups is 2. The largest absolute Gasteiger partial charge is 0.396 e. The van der Waals surface area contributed by atoms with Gasteiger partial charge in [-0.2, -0.15) is 0 Å². The summed E-state index contributed by atoms with van der Waals surface area (Å²) in [5, 5.41) is 5.38. The second-order valence-corrected chi connectivity index (χ2v) is 5.53. The molecule has 1 aromatic rings. The van der Waals surface area contributed by atoms with Gasteiger partial charge in [-0.05, 0) is 40.9 Å². The predicted molar refractivity (Wildman–Crippen MR) is 76.6 cm³/mol. The predicted octanol–water partition coefficient (Wildman–Crippen LogP) is 1.43. The highest BCUT2D eigenvalue weighted by molar-refractivity contribution is 9.10. The maximum absolute atomic E-state index is 13.2. The summed E-state index contributed by atoms with van der Waals surface area (Å²) in [4.78, 5) is 23.3. The van der Waals surface area contributed by atoms with Gasteiger partial charge in [0.1, 0.15) is 5.82 Å². The minimum absolute atomic E-state index is 0.0338. The molecule has 5 nitrogen and oxygen atoms in total. The Morgan fingerprint density at radius 1 is 1.30 bits per heavy atom. The molecule has 108 valence electrons. The first kappa shape index (κ1) is 14.8. The van der Waals surface area contributed by atoms with Crippen molar-refractivity contribution in [3.8, 4) is 0 Å². The maximum atomic E-state index is 13.2. The second-order valence-electron chi connectivity index (χ2n) is 4.67. The molecule has 7 heteroatoms. The van der Waals surface area contributed by atoms with Crippen molar-refractivity contribution in [2.75, 3.05) is 18.8 Å². The maximum Gasteiger partial charge on any atom is 0.252 e. The van der Waals surface area contributed by atoms with Crippen molar-refractivity contribution in [1.29, 1.82) is 0 Å². The molecular formula is C13H15BrFN3O2. The third-order valence-electron chi connectivity index (χ3n) is 2.99. The van der Waals surface area contributed by atoms with E-state index in [0.717, 1.165) is 18.9 Å². The summed E-state index contributed by atoms with van der Waals surface area (Å²) < 4.78 is 13.5. The normalized spacial score (nSPS) is 13.9. The zero-order valence-electron chi connectivity index (χ0n) is 10.7. The van der Waals surface area contributed by atoms with Gasteiger partial charge in [0, 0.05) is 23.5 Å². The van der Waals surface area contributed by atoms with Gasteiger partial charge in [-0.3, -0.25) is 9.59 Å². The van der Waals surface area contributed by atoms with Crippen LogP contribution in [0, 0.1) is 11.7 Å². The minimum Gasteiger partial charge on any atom is -0.396 e. The molecule has 1 saturated carbocycles. The highest BCUT2D eigenvalue weighted by Gasteiger charge is 2.29. The fourth-order valence-corrected chi connectivity index (χ4v) is 2.18. The van der Waals surface area contributed by atoms with E-state index in [4.69, 9.17) is 5.73 Å². The van der Waals surface area contributed by atoms with Crippen molar-refractivity contribution in [3.05, 3.63) is 28.0 Å². The van der Waals surface area contributed by atoms with Crippen LogP contribution in [0.1, 0.15) is 23.2 Å². The number of anilines is 1. The smallest absolute Gasteiger partial charge is 0.252 e. The van der Waals surface area contributed by atoms with Gasteiger partial charge in [0.15, 0.2) is 0 Å². The third kappa shape index (κ3) is 3.69. The molecule has 0 saturated heterocycles. The molecule has 0 spiro atoms. The highest BCUT2D eigenvalue weighted by atomic mass is 79.9. The zero-order chi connectivity index (χ0) is 14.7. The van der Waals surface area contributed by atoms with Crippen LogP contribution >= 0.6 is 15.9 Å². The summed E-state index contributed by atoms with van der Waals surface area (Å²) in [6.45, 7) is 0.677. The van der Waals surface area contributed by atoms with Crippen LogP contribution in [0.4, 0.5) is 10.1 Å². The highest BCUT2D eigenvalue weighted by Crippen LogP contribution is 2.28. The molecule has 0 radical (unpaired) electrons. The van der Waals surface area contributed by atoms with E-state index in [0.29, 0.717) is 17.6 Å². The molecule has 1 aromatic carbocycles. The Morgan fingerprint density at radius 2 is 1.95 bits per heavy atom. The first-order valence-corrected chi connectivity index (χ1v) is 7.08. The molecule has 0 heterocycles. The lowest BCUT2D eigenvalue weighted by Crippen LogP contribution is -2.35. The van der Waals surface area contributed by atoms with E-state index in [9.17, 15) is 14.0 Å². The Morgan fingerprint density at radius 3 is 2.60 bits per heavy atom. The molecular weight excluding hydrogens is 329 g/mol. The standard InChI is InChI=1S/C13H15BrFN3O2/c14-9-6-10(15)11(16)5-8(9)13(20)18-4-3-17-12(19)7-1-2-7/h5-7H,1-4,16H2,(H,17,19)(H,18,20). The molecule has 0 bridgehead atoms. The van der Waals surface area contributed by atoms with Crippen molar-refractivity contribution in [1.82, 2.24) is 10.6 Å². The fourth-order valence-electron chi connectivity index (χ4n) is 1.69. The van der Waals surface area contributed by atoms with E-state index < -0.39 is 5.82 Å². The van der Waals surface area contributed by atoms with Gasteiger partial charge in [-0.25, -0.2) is 4.39 Å². The average molecular weight is 344 g/mol. The van der Waals surface area contributed by atoms with E-state index in [-0.39, 0.29) is 29.0 Å². The van der Waals surface area contributed by atoms with Crippen LogP contribution in [0.3, 0.4) is 0 Å². The lowest BCUT2D eigenvalue weighted by atomic mass is 10.2. The molecule has 2 amide bonds. The van der Waals surface area contributed by atoms with Crippen molar-refractivity contribution < 1.29 is 14.0 Å². The monoisotopic (exact) mass is 343 g/mol. The zero-order valence-corrected chi connectivity index (χ0v) is 12.3. The molecule has 20 heavy (non-hydrogen) atoms. The van der Waals surface area contributed by atoms with Crippen LogP contribution in [-0.2, 0) is 4.79 Å². The second kappa shape index (κ2) is 6.21. The topological polar surface area (TPSA) is 84.2 Å². The number of benzene rings is 1. The number of halogens is 2. The molecule has 1 aliphatic carbocycles. The van der Waals surface area contributed by atoms with Crippen molar-refractivity contribution in [3.63, 3.8) is 0 Å². The van der Waals surface area contributed by atoms with Crippen LogP contribution in [0.2, 0.25) is 0 Å². The molecule has 0 aliphatic heterocycles. The number of rotatable bonds is 5. The number of nitrogen functional groups attached to an aromatic ring is 1. The van der Waals surface area contributed by atoms with Gasteiger partial charge in [0.25, 0.3) is 5.91 Å². The summed E-state index contributed by atoms with van der Waals surface area (Å²) >= 11 is 3.12. The number of hydrogen-bond donors (Lipinski definition) is 3. The Balaban J connectivity index is 1.82. The number of amides is 2. The summed E-state index contributed by atoms with van der Waals surface area (Å²) in [7, 11) is 0. The summed E-state index contributed by atoms with van der Waals surface area (Å²) in [5.74, 6) is -0.766. The Labute approximate surface area is 124 Å². The van der Waals surface area contributed by atoms with Gasteiger partial charge < -0.3 is 16.4 Å². The Hall–Kier alpha value is -1.63. The number of hydrogen-bond acceptors (Lipinski definition) is 3. The number of nitrogens with one attached hydrogen (secondary N) is 2. The SMILES string of the molecule is Nc1cc(C(=O)NCCNC(=O)C2CC2)c(Br)cc1F. The quantitative estimate of drug-likeness (QED) is 0.558. The van der Waals surface area contributed by atoms with Crippen LogP contribution in [0.5, 0.6) is 0 Å². The van der Waals surface area contributed by atoms with Gasteiger partial charge in [-0.1, -0.05) is 0 Å². The van der Waals surface area contributed by atoms with Crippen LogP contribution in [0.25, 0.3) is 0 Å².